The second-order valence-electron chi connectivity index (χ2n) is 9.82. The topological polar surface area (TPSA) is 93.1 Å². The Morgan fingerprint density at radius 2 is 1.77 bits per heavy atom. The summed E-state index contributed by atoms with van der Waals surface area (Å²) in [5, 5.41) is 21.9. The predicted octanol–water partition coefficient (Wildman–Crippen LogP) is 3.31. The molecule has 0 aromatic carbocycles. The molecule has 168 valence electrons. The van der Waals surface area contributed by atoms with Crippen LogP contribution in [0.3, 0.4) is 0 Å². The maximum atomic E-state index is 12.0. The molecule has 1 fully saturated rings. The number of allylic oxidation sites excluding steroid dienone is 2. The van der Waals surface area contributed by atoms with E-state index in [1.165, 1.54) is 13.8 Å². The Morgan fingerprint density at radius 3 is 2.37 bits per heavy atom. The highest BCUT2D eigenvalue weighted by Crippen LogP contribution is 2.60. The third kappa shape index (κ3) is 3.96. The van der Waals surface area contributed by atoms with Crippen molar-refractivity contribution in [2.45, 2.75) is 91.1 Å². The molecule has 0 aromatic rings. The summed E-state index contributed by atoms with van der Waals surface area (Å²) in [7, 11) is 0. The summed E-state index contributed by atoms with van der Waals surface area (Å²) in [5.74, 6) is -0.830. The zero-order chi connectivity index (χ0) is 22.4. The molecule has 0 aliphatic heterocycles. The summed E-state index contributed by atoms with van der Waals surface area (Å²) < 4.78 is 11.5. The van der Waals surface area contributed by atoms with Crippen LogP contribution in [-0.4, -0.2) is 46.6 Å². The minimum Gasteiger partial charge on any atom is -0.458 e. The molecule has 6 nitrogen and oxygen atoms in total. The van der Waals surface area contributed by atoms with Crippen molar-refractivity contribution in [2.75, 3.05) is 0 Å². The van der Waals surface area contributed by atoms with Crippen LogP contribution in [-0.2, 0) is 19.1 Å². The van der Waals surface area contributed by atoms with E-state index in [4.69, 9.17) is 9.47 Å². The average Bonchev–Trinajstić information content (AvgIpc) is 3.00. The van der Waals surface area contributed by atoms with E-state index in [0.717, 1.165) is 30.4 Å². The van der Waals surface area contributed by atoms with Gasteiger partial charge >= 0.3 is 11.9 Å². The fourth-order valence-electron chi connectivity index (χ4n) is 6.29. The minimum absolute atomic E-state index is 0.0383. The smallest absolute Gasteiger partial charge is 0.303 e. The molecule has 0 aromatic heterocycles. The zero-order valence-corrected chi connectivity index (χ0v) is 18.8. The third-order valence-electron chi connectivity index (χ3n) is 7.74. The van der Waals surface area contributed by atoms with Gasteiger partial charge in [0.05, 0.1) is 12.2 Å². The van der Waals surface area contributed by atoms with Crippen molar-refractivity contribution in [3.8, 4) is 0 Å². The first-order valence-corrected chi connectivity index (χ1v) is 11.1. The number of carbonyl (C=O) groups excluding carboxylic acids is 2. The molecule has 3 aliphatic carbocycles. The van der Waals surface area contributed by atoms with Crippen LogP contribution in [0.5, 0.6) is 0 Å². The van der Waals surface area contributed by atoms with Crippen molar-refractivity contribution in [1.29, 1.82) is 0 Å². The van der Waals surface area contributed by atoms with Crippen LogP contribution in [0.25, 0.3) is 0 Å². The molecule has 2 bridgehead atoms. The highest BCUT2D eigenvalue weighted by atomic mass is 16.6. The molecule has 1 saturated carbocycles. The summed E-state index contributed by atoms with van der Waals surface area (Å²) in [6, 6.07) is 0. The first-order valence-electron chi connectivity index (χ1n) is 11.1. The van der Waals surface area contributed by atoms with Gasteiger partial charge in [-0.2, -0.15) is 0 Å². The molecular weight excluding hydrogens is 384 g/mol. The highest BCUT2D eigenvalue weighted by Gasteiger charge is 2.60. The number of hydrogen-bond donors (Lipinski definition) is 2. The first-order chi connectivity index (χ1) is 14.0. The van der Waals surface area contributed by atoms with Gasteiger partial charge in [-0.1, -0.05) is 31.6 Å². The van der Waals surface area contributed by atoms with Crippen LogP contribution < -0.4 is 0 Å². The average molecular weight is 421 g/mol. The maximum Gasteiger partial charge on any atom is 0.303 e. The SMILES string of the molecule is C=C1CCC(O)C(C)CC(O)C2=C(C)C3C1CCC3(C)C(OC(C)=O)C2OC(C)=O. The molecule has 30 heavy (non-hydrogen) atoms. The lowest BCUT2D eigenvalue weighted by Crippen LogP contribution is -2.55. The quantitative estimate of drug-likeness (QED) is 0.526. The normalized spacial score (nSPS) is 41.8. The van der Waals surface area contributed by atoms with Gasteiger partial charge in [-0.15, -0.1) is 0 Å². The van der Waals surface area contributed by atoms with E-state index in [2.05, 4.69) is 13.5 Å². The Balaban J connectivity index is 2.20. The number of aliphatic hydroxyl groups excluding tert-OH is 2. The van der Waals surface area contributed by atoms with Crippen LogP contribution >= 0.6 is 0 Å². The number of hydrogen-bond acceptors (Lipinski definition) is 6. The van der Waals surface area contributed by atoms with Crippen molar-refractivity contribution in [2.24, 2.45) is 23.2 Å². The van der Waals surface area contributed by atoms with E-state index >= 15 is 0 Å². The minimum atomic E-state index is -0.894. The van der Waals surface area contributed by atoms with E-state index in [0.29, 0.717) is 18.4 Å². The maximum absolute atomic E-state index is 12.0. The molecule has 0 radical (unpaired) electrons. The second-order valence-corrected chi connectivity index (χ2v) is 9.82. The Morgan fingerprint density at radius 1 is 1.13 bits per heavy atom. The van der Waals surface area contributed by atoms with Gasteiger partial charge in [0.15, 0.2) is 6.10 Å². The van der Waals surface area contributed by atoms with Gasteiger partial charge < -0.3 is 19.7 Å². The lowest BCUT2D eigenvalue weighted by molar-refractivity contribution is -0.179. The van der Waals surface area contributed by atoms with Gasteiger partial charge in [0.2, 0.25) is 0 Å². The Labute approximate surface area is 179 Å². The van der Waals surface area contributed by atoms with E-state index in [1.54, 1.807) is 0 Å². The van der Waals surface area contributed by atoms with E-state index in [1.807, 2.05) is 13.8 Å². The molecule has 0 spiro atoms. The van der Waals surface area contributed by atoms with Gasteiger partial charge in [-0.05, 0) is 56.8 Å². The molecule has 0 saturated heterocycles. The highest BCUT2D eigenvalue weighted by molar-refractivity contribution is 5.68. The molecule has 3 rings (SSSR count). The number of ether oxygens (including phenoxy) is 2. The Kier molecular flexibility index (Phi) is 6.49. The molecule has 8 unspecified atom stereocenters. The molecule has 3 aliphatic rings. The largest absolute Gasteiger partial charge is 0.458 e. The van der Waals surface area contributed by atoms with E-state index < -0.39 is 41.8 Å². The fourth-order valence-corrected chi connectivity index (χ4v) is 6.29. The van der Waals surface area contributed by atoms with Gasteiger partial charge in [-0.3, -0.25) is 9.59 Å². The third-order valence-corrected chi connectivity index (χ3v) is 7.74. The van der Waals surface area contributed by atoms with Crippen LogP contribution in [0, 0.1) is 23.2 Å². The molecular formula is C24H36O6. The summed E-state index contributed by atoms with van der Waals surface area (Å²) >= 11 is 0. The van der Waals surface area contributed by atoms with Gasteiger partial charge in [0, 0.05) is 24.8 Å². The predicted molar refractivity (Wildman–Crippen MR) is 112 cm³/mol. The number of rotatable bonds is 2. The summed E-state index contributed by atoms with van der Waals surface area (Å²) in [4.78, 5) is 24.0. The van der Waals surface area contributed by atoms with Crippen LogP contribution in [0.2, 0.25) is 0 Å². The fraction of sp³-hybridized carbons (Fsp3) is 0.750. The summed E-state index contributed by atoms with van der Waals surface area (Å²) in [6.45, 7) is 13.1. The molecule has 0 heterocycles. The lowest BCUT2D eigenvalue weighted by atomic mass is 9.60. The first kappa shape index (κ1) is 23.0. The van der Waals surface area contributed by atoms with Crippen molar-refractivity contribution < 1.29 is 29.3 Å². The molecule has 2 N–H and O–H groups in total. The van der Waals surface area contributed by atoms with Crippen LogP contribution in [0.4, 0.5) is 0 Å². The van der Waals surface area contributed by atoms with Gasteiger partial charge in [0.1, 0.15) is 6.10 Å². The molecule has 0 amide bonds. The van der Waals surface area contributed by atoms with Gasteiger partial charge in [0.25, 0.3) is 0 Å². The molecule has 6 heteroatoms. The number of carbonyl (C=O) groups is 2. The Hall–Kier alpha value is -1.66. The van der Waals surface area contributed by atoms with E-state index in [9.17, 15) is 19.8 Å². The monoisotopic (exact) mass is 420 g/mol. The summed E-state index contributed by atoms with van der Waals surface area (Å²) in [5.41, 5.74) is 2.30. The molecule has 8 atom stereocenters. The van der Waals surface area contributed by atoms with Gasteiger partial charge in [-0.25, -0.2) is 0 Å². The van der Waals surface area contributed by atoms with Crippen LogP contribution in [0.15, 0.2) is 23.3 Å². The second kappa shape index (κ2) is 8.46. The number of esters is 2. The summed E-state index contributed by atoms with van der Waals surface area (Å²) in [6.07, 6.45) is 0.436. The van der Waals surface area contributed by atoms with E-state index in [-0.39, 0.29) is 17.8 Å². The van der Waals surface area contributed by atoms with Crippen molar-refractivity contribution in [3.05, 3.63) is 23.3 Å². The Bertz CT molecular complexity index is 755. The standard InChI is InChI=1S/C24H36O6/c1-12-7-8-18(27)13(2)11-19(28)20-14(3)21-17(12)9-10-24(21,6)23(30-16(5)26)22(20)29-15(4)25/h13,17-19,21-23,27-28H,1,7-11H2,2-6H3. The van der Waals surface area contributed by atoms with Crippen LogP contribution in [0.1, 0.15) is 66.7 Å². The van der Waals surface area contributed by atoms with Crippen molar-refractivity contribution in [3.63, 3.8) is 0 Å². The van der Waals surface area contributed by atoms with Crippen molar-refractivity contribution >= 4 is 11.9 Å². The van der Waals surface area contributed by atoms with Crippen molar-refractivity contribution in [1.82, 2.24) is 0 Å². The number of aliphatic hydroxyl groups is 2. The zero-order valence-electron chi connectivity index (χ0n) is 18.8. The lowest BCUT2D eigenvalue weighted by Gasteiger charge is -2.49.